The maximum Gasteiger partial charge on any atom is 0.412 e. The van der Waals surface area contributed by atoms with Gasteiger partial charge in [0.15, 0.2) is 6.29 Å². The number of nitro benzene ring substituents is 1. The molecule has 0 aliphatic heterocycles. The van der Waals surface area contributed by atoms with E-state index in [-0.39, 0.29) is 10.6 Å². The molecular weight excluding hydrogens is 1230 g/mol. The van der Waals surface area contributed by atoms with Crippen molar-refractivity contribution in [2.45, 2.75) is 74.8 Å². The zero-order chi connectivity index (χ0) is 61.8. The number of nitrogens with zero attached hydrogens (tertiary/aromatic N) is 7. The molecule has 0 bridgehead atoms. The summed E-state index contributed by atoms with van der Waals surface area (Å²) in [4.78, 5) is 33.1. The summed E-state index contributed by atoms with van der Waals surface area (Å²) < 4.78 is 19.9. The first-order chi connectivity index (χ1) is 39.5. The molecule has 0 radical (unpaired) electrons. The molecule has 0 saturated carbocycles. The lowest BCUT2D eigenvalue weighted by atomic mass is 10.0. The number of rotatable bonds is 3. The number of benzene rings is 6. The molecule has 15 nitrogen and oxygen atoms in total. The minimum atomic E-state index is -0.497. The fourth-order valence-corrected chi connectivity index (χ4v) is 11.6. The summed E-state index contributed by atoms with van der Waals surface area (Å²) in [6.07, 6.45) is 12.5. The van der Waals surface area contributed by atoms with E-state index in [0.29, 0.717) is 5.39 Å². The highest BCUT2D eigenvalue weighted by atomic mass is 127. The number of non-ortho nitro benzene ring substituents is 1. The number of fused-ring (bicyclic) bond motifs is 6. The second-order valence-electron chi connectivity index (χ2n) is 22.3. The van der Waals surface area contributed by atoms with Crippen LogP contribution in [0.15, 0.2) is 139 Å². The fraction of sp³-hybridized carbons (Fsp3) is 0.254. The maximum atomic E-state index is 11.9. The Labute approximate surface area is 513 Å². The van der Waals surface area contributed by atoms with Crippen molar-refractivity contribution in [3.8, 4) is 0 Å². The van der Waals surface area contributed by atoms with Crippen LogP contribution in [0.5, 0.6) is 0 Å². The first-order valence-electron chi connectivity index (χ1n) is 27.3. The van der Waals surface area contributed by atoms with Crippen LogP contribution in [0.1, 0.15) is 70.1 Å². The van der Waals surface area contributed by atoms with Gasteiger partial charge in [0.2, 0.25) is 0 Å². The van der Waals surface area contributed by atoms with E-state index < -0.39 is 11.7 Å². The Kier molecular flexibility index (Phi) is 19.7. The number of nitrogen functional groups attached to an aromatic ring is 2. The largest absolute Gasteiger partial charge is 0.444 e. The highest BCUT2D eigenvalue weighted by molar-refractivity contribution is 14.1. The average Bonchev–Trinajstić information content (AvgIpc) is 3.03. The normalized spacial score (nSPS) is 11.0. The quantitative estimate of drug-likeness (QED) is 0.0517. The highest BCUT2D eigenvalue weighted by Gasteiger charge is 2.19. The molecule has 1 amide bonds. The minimum Gasteiger partial charge on any atom is -0.444 e. The molecule has 6 aromatic heterocycles. The summed E-state index contributed by atoms with van der Waals surface area (Å²) in [5.74, 6) is 0. The van der Waals surface area contributed by atoms with Crippen molar-refractivity contribution in [2.75, 3.05) is 16.8 Å². The molecule has 0 atom stereocenters. The Balaban J connectivity index is 0.000000146. The van der Waals surface area contributed by atoms with Crippen LogP contribution in [0.2, 0.25) is 0 Å². The second kappa shape index (κ2) is 26.1. The van der Waals surface area contributed by atoms with Crippen LogP contribution in [0.4, 0.5) is 27.5 Å². The molecule has 17 heteroatoms. The summed E-state index contributed by atoms with van der Waals surface area (Å²) in [7, 11) is 12.0. The molecule has 6 heterocycles. The maximum absolute atomic E-state index is 11.9. The van der Waals surface area contributed by atoms with Gasteiger partial charge in [-0.05, 0) is 207 Å². The third-order valence-corrected chi connectivity index (χ3v) is 17.0. The van der Waals surface area contributed by atoms with Crippen molar-refractivity contribution in [1.82, 2.24) is 27.4 Å². The lowest BCUT2D eigenvalue weighted by Crippen LogP contribution is -2.27. The fourth-order valence-electron chi connectivity index (χ4n) is 10.7. The van der Waals surface area contributed by atoms with Crippen molar-refractivity contribution in [2.24, 2.45) is 42.3 Å². The summed E-state index contributed by atoms with van der Waals surface area (Å²) in [5.41, 5.74) is 30.2. The molecule has 84 heavy (non-hydrogen) atoms. The summed E-state index contributed by atoms with van der Waals surface area (Å²) in [5, 5.41) is 19.9. The van der Waals surface area contributed by atoms with Gasteiger partial charge in [0.05, 0.1) is 43.8 Å². The number of aryl methyl sites for hydroxylation is 13. The number of halogens is 2. The number of aromatic nitrogens is 6. The zero-order valence-electron chi connectivity index (χ0n) is 50.9. The van der Waals surface area contributed by atoms with E-state index in [4.69, 9.17) is 16.2 Å². The zero-order valence-corrected chi connectivity index (χ0v) is 54.6. The number of anilines is 3. The van der Waals surface area contributed by atoms with Crippen molar-refractivity contribution < 1.29 is 19.2 Å². The first kappa shape index (κ1) is 63.3. The van der Waals surface area contributed by atoms with Crippen LogP contribution in [-0.4, -0.2) is 50.3 Å². The summed E-state index contributed by atoms with van der Waals surface area (Å²) >= 11 is 5.81. The molecule has 0 aliphatic carbocycles. The van der Waals surface area contributed by atoms with E-state index in [1.54, 1.807) is 12.1 Å². The van der Waals surface area contributed by atoms with Crippen molar-refractivity contribution in [3.05, 3.63) is 197 Å². The molecule has 0 unspecified atom stereocenters. The van der Waals surface area contributed by atoms with Gasteiger partial charge in [-0.1, -0.05) is 30.3 Å². The minimum absolute atomic E-state index is 0.165. The van der Waals surface area contributed by atoms with Gasteiger partial charge in [0, 0.05) is 143 Å². The smallest absolute Gasteiger partial charge is 0.412 e. The van der Waals surface area contributed by atoms with E-state index in [9.17, 15) is 19.7 Å². The molecule has 0 spiro atoms. The van der Waals surface area contributed by atoms with Gasteiger partial charge in [-0.25, -0.2) is 4.79 Å². The van der Waals surface area contributed by atoms with E-state index in [1.165, 1.54) is 53.7 Å². The van der Waals surface area contributed by atoms with Gasteiger partial charge in [0.25, 0.3) is 5.69 Å². The van der Waals surface area contributed by atoms with Crippen molar-refractivity contribution in [3.63, 3.8) is 0 Å². The monoisotopic (exact) mass is 1310 g/mol. The topological polar surface area (TPSA) is 180 Å². The number of hydrogen-bond donors (Lipinski definition) is 3. The molecule has 5 N–H and O–H groups in total. The standard InChI is InChI=1S/C15H20N2O2.C12H13NO.C11H12IN.C11H14N2.C9H9BrN2.C9H8N2O2/c1-10-6-7-12-11(8-9-17(12)5)13(10)16-14(18)19-15(2,3)4;1-8-6-9(2)12-10(11(8)7-14)4-5-13(12)3;2*1-7-6-8(2)11-9(10(7)12)4-5-13(11)3;1-12-5-4-6-8(12)3-2-7(10)9(6)11;1-10-6-5-7-8(10)3-2-4-9(7)11(12)13/h6-9H,1-5H3,(H,16,18);4-7H,1-3H3;4-6H,1-3H3;4-6H,12H2,1-3H3;2-5H,11H2,1H3;2-6H,1H3. The van der Waals surface area contributed by atoms with Crippen LogP contribution >= 0.6 is 38.5 Å². The van der Waals surface area contributed by atoms with E-state index >= 15 is 0 Å². The lowest BCUT2D eigenvalue weighted by Gasteiger charge is -2.20. The van der Waals surface area contributed by atoms with Crippen LogP contribution in [0.3, 0.4) is 0 Å². The average molecular weight is 1310 g/mol. The number of nitrogens with one attached hydrogen (secondary N) is 1. The number of amides is 1. The predicted octanol–water partition coefficient (Wildman–Crippen LogP) is 16.8. The van der Waals surface area contributed by atoms with Gasteiger partial charge in [-0.15, -0.1) is 0 Å². The third kappa shape index (κ3) is 13.7. The Morgan fingerprint density at radius 2 is 0.988 bits per heavy atom. The molecule has 0 aliphatic rings. The predicted molar refractivity (Wildman–Crippen MR) is 362 cm³/mol. The van der Waals surface area contributed by atoms with Gasteiger partial charge in [-0.3, -0.25) is 20.2 Å². The molecule has 6 aromatic carbocycles. The van der Waals surface area contributed by atoms with E-state index in [1.807, 2.05) is 152 Å². The summed E-state index contributed by atoms with van der Waals surface area (Å²) in [6.45, 7) is 20.1. The van der Waals surface area contributed by atoms with Crippen LogP contribution < -0.4 is 16.8 Å². The molecule has 12 aromatic rings. The SMILES string of the molecule is Cc1cc(C)c2c(ccn2C)c1C=O.Cc1cc(C)c2c(ccn2C)c1I.Cc1cc(C)c2c(ccn2C)c1N.Cc1ccc2c(ccn2C)c1NC(=O)OC(C)(C)C.Cn1ccc2c(N)c(Br)ccc21.Cn1ccc2c([N+](=O)[O-])cccc21. The molecule has 438 valence electrons. The number of aldehydes is 1. The number of carbonyl (C=O) groups is 2. The number of carbonyl (C=O) groups excluding carboxylic acids is 2. The number of ether oxygens (including phenoxy) is 1. The van der Waals surface area contributed by atoms with Crippen molar-refractivity contribution in [1.29, 1.82) is 0 Å². The van der Waals surface area contributed by atoms with Gasteiger partial charge < -0.3 is 43.6 Å². The van der Waals surface area contributed by atoms with Crippen molar-refractivity contribution >= 4 is 139 Å². The second-order valence-corrected chi connectivity index (χ2v) is 24.2. The summed E-state index contributed by atoms with van der Waals surface area (Å²) in [6, 6.07) is 31.6. The lowest BCUT2D eigenvalue weighted by molar-refractivity contribution is -0.383. The van der Waals surface area contributed by atoms with E-state index in [2.05, 4.69) is 146 Å². The number of hydrogen-bond acceptors (Lipinski definition) is 7. The molecular formula is C67H76BrIN10O5. The molecule has 0 saturated heterocycles. The van der Waals surface area contributed by atoms with Gasteiger partial charge in [0.1, 0.15) is 5.60 Å². The number of nitro groups is 1. The van der Waals surface area contributed by atoms with Crippen LogP contribution in [0, 0.1) is 62.2 Å². The van der Waals surface area contributed by atoms with Gasteiger partial charge in [-0.2, -0.15) is 0 Å². The third-order valence-electron chi connectivity index (χ3n) is 14.8. The first-order valence-corrected chi connectivity index (χ1v) is 29.2. The Hall–Kier alpha value is -8.29. The Bertz CT molecular complexity index is 4340. The van der Waals surface area contributed by atoms with Gasteiger partial charge >= 0.3 is 6.09 Å². The Morgan fingerprint density at radius 1 is 0.548 bits per heavy atom. The van der Waals surface area contributed by atoms with E-state index in [0.717, 1.165) is 88.3 Å². The van der Waals surface area contributed by atoms with Crippen LogP contribution in [-0.2, 0) is 47.0 Å². The highest BCUT2D eigenvalue weighted by Crippen LogP contribution is 2.33. The molecule has 0 fully saturated rings. The Morgan fingerprint density at radius 3 is 1.55 bits per heavy atom. The molecule has 12 rings (SSSR count). The van der Waals surface area contributed by atoms with Crippen LogP contribution in [0.25, 0.3) is 65.4 Å². The number of nitrogens with two attached hydrogens (primary N) is 2.